The normalized spacial score (nSPS) is 13.3. The van der Waals surface area contributed by atoms with Gasteiger partial charge in [0.15, 0.2) is 0 Å². The third-order valence-electron chi connectivity index (χ3n) is 15.3. The average Bonchev–Trinajstić information content (AvgIpc) is 4.05. The molecule has 0 fully saturated rings. The first-order chi connectivity index (χ1) is 35.8. The molecular formula is C71H77N4OPt-3. The summed E-state index contributed by atoms with van der Waals surface area (Å²) in [4.78, 5) is 9.59. The summed E-state index contributed by atoms with van der Waals surface area (Å²) < 4.78 is 8.90. The van der Waals surface area contributed by atoms with Gasteiger partial charge in [-0.1, -0.05) is 188 Å². The van der Waals surface area contributed by atoms with E-state index in [1.54, 1.807) is 0 Å². The zero-order valence-corrected chi connectivity index (χ0v) is 50.4. The molecule has 0 N–H and O–H groups in total. The van der Waals surface area contributed by atoms with Crippen molar-refractivity contribution in [2.24, 2.45) is 0 Å². The SMILES string of the molecule is CC(C)(C)c1cc(-c2cccc(-c3ccc(C(C)(C)C)cc3CCCN3[CH-]N(c4[c-]c(Oc5[c-]c6c(cc5)c5ccccc5n6-c5cc(C(C)(C)C)ccn5)ccc4)c4ccc(C(C)(C)C)cc43)c2)cc(C(C)(C)C)c1.[Pt]. The van der Waals surface area contributed by atoms with Gasteiger partial charge in [0.25, 0.3) is 0 Å². The molecule has 6 heteroatoms. The smallest absolute Gasteiger partial charge is 0.135 e. The predicted octanol–water partition coefficient (Wildman–Crippen LogP) is 19.1. The van der Waals surface area contributed by atoms with E-state index in [1.165, 1.54) is 61.3 Å². The Morgan fingerprint density at radius 3 is 1.82 bits per heavy atom. The van der Waals surface area contributed by atoms with E-state index in [1.807, 2.05) is 18.3 Å². The molecule has 1 aliphatic heterocycles. The van der Waals surface area contributed by atoms with Gasteiger partial charge in [-0.25, -0.2) is 4.98 Å². The van der Waals surface area contributed by atoms with E-state index in [0.29, 0.717) is 11.5 Å². The summed E-state index contributed by atoms with van der Waals surface area (Å²) in [5, 5.41) is 2.25. The first kappa shape index (κ1) is 55.3. The zero-order chi connectivity index (χ0) is 54.1. The Labute approximate surface area is 475 Å². The van der Waals surface area contributed by atoms with Crippen LogP contribution in [0.15, 0.2) is 152 Å². The largest absolute Gasteiger partial charge is 0.509 e. The van der Waals surface area contributed by atoms with Crippen LogP contribution in [0.4, 0.5) is 17.1 Å². The molecule has 0 saturated heterocycles. The molecule has 77 heavy (non-hydrogen) atoms. The van der Waals surface area contributed by atoms with E-state index >= 15 is 0 Å². The summed E-state index contributed by atoms with van der Waals surface area (Å²) in [6.45, 7) is 37.5. The molecule has 0 aliphatic carbocycles. The summed E-state index contributed by atoms with van der Waals surface area (Å²) in [6.07, 6.45) is 3.81. The predicted molar refractivity (Wildman–Crippen MR) is 322 cm³/mol. The number of anilines is 3. The first-order valence-corrected chi connectivity index (χ1v) is 27.4. The fourth-order valence-electron chi connectivity index (χ4n) is 10.5. The van der Waals surface area contributed by atoms with Crippen molar-refractivity contribution in [2.45, 2.75) is 144 Å². The molecule has 0 bridgehead atoms. The number of hydrogen-bond acceptors (Lipinski definition) is 4. The van der Waals surface area contributed by atoms with Crippen molar-refractivity contribution in [2.75, 3.05) is 16.3 Å². The van der Waals surface area contributed by atoms with Gasteiger partial charge in [0.05, 0.1) is 0 Å². The van der Waals surface area contributed by atoms with Crippen LogP contribution in [0.2, 0.25) is 0 Å². The van der Waals surface area contributed by atoms with Gasteiger partial charge >= 0.3 is 0 Å². The second-order valence-electron chi connectivity index (χ2n) is 26.3. The van der Waals surface area contributed by atoms with Crippen LogP contribution >= 0.6 is 0 Å². The quantitative estimate of drug-likeness (QED) is 0.128. The van der Waals surface area contributed by atoms with Gasteiger partial charge in [-0.05, 0) is 144 Å². The Kier molecular flexibility index (Phi) is 14.9. The minimum atomic E-state index is -0.0247. The number of nitrogens with zero attached hydrogens (tertiary/aromatic N) is 4. The Bertz CT molecular complexity index is 3590. The third kappa shape index (κ3) is 11.6. The van der Waals surface area contributed by atoms with Crippen molar-refractivity contribution >= 4 is 38.9 Å². The maximum atomic E-state index is 6.70. The van der Waals surface area contributed by atoms with Crippen molar-refractivity contribution < 1.29 is 25.8 Å². The minimum absolute atomic E-state index is 0. The molecule has 0 unspecified atom stereocenters. The summed E-state index contributed by atoms with van der Waals surface area (Å²) in [7, 11) is 0. The Balaban J connectivity index is 0.00000722. The maximum Gasteiger partial charge on any atom is 0.135 e. The average molecular weight is 1200 g/mol. The van der Waals surface area contributed by atoms with Gasteiger partial charge in [-0.2, -0.15) is 18.8 Å². The Morgan fingerprint density at radius 1 is 0.494 bits per heavy atom. The molecule has 0 saturated carbocycles. The van der Waals surface area contributed by atoms with Gasteiger partial charge in [0, 0.05) is 55.7 Å². The van der Waals surface area contributed by atoms with E-state index in [-0.39, 0.29) is 48.1 Å². The van der Waals surface area contributed by atoms with Crippen LogP contribution in [0, 0.1) is 18.8 Å². The summed E-state index contributed by atoms with van der Waals surface area (Å²) >= 11 is 0. The second kappa shape index (κ2) is 20.8. The number of fused-ring (bicyclic) bond motifs is 4. The van der Waals surface area contributed by atoms with E-state index in [0.717, 1.165) is 58.4 Å². The molecule has 5 nitrogen and oxygen atoms in total. The van der Waals surface area contributed by atoms with E-state index in [4.69, 9.17) is 9.72 Å². The van der Waals surface area contributed by atoms with Gasteiger partial charge in [-0.3, -0.25) is 0 Å². The molecule has 0 amide bonds. The second-order valence-corrected chi connectivity index (χ2v) is 26.3. The van der Waals surface area contributed by atoms with Gasteiger partial charge in [0.1, 0.15) is 5.82 Å². The van der Waals surface area contributed by atoms with Crippen molar-refractivity contribution in [1.82, 2.24) is 9.55 Å². The fraction of sp³-hybridized carbons (Fsp3) is 0.324. The van der Waals surface area contributed by atoms with E-state index in [9.17, 15) is 0 Å². The van der Waals surface area contributed by atoms with Crippen LogP contribution in [-0.2, 0) is 54.6 Å². The first-order valence-electron chi connectivity index (χ1n) is 27.4. The molecule has 10 rings (SSSR count). The van der Waals surface area contributed by atoms with Crippen molar-refractivity contribution in [3.63, 3.8) is 0 Å². The molecular weight excluding hydrogens is 1120 g/mol. The molecule has 400 valence electrons. The maximum absolute atomic E-state index is 6.70. The third-order valence-corrected chi connectivity index (χ3v) is 15.3. The number of aromatic nitrogens is 2. The molecule has 7 aromatic carbocycles. The Morgan fingerprint density at radius 2 is 1.12 bits per heavy atom. The van der Waals surface area contributed by atoms with Crippen molar-refractivity contribution in [3.8, 4) is 39.6 Å². The number of pyridine rings is 1. The molecule has 1 aliphatic rings. The number of aryl methyl sites for hydroxylation is 1. The minimum Gasteiger partial charge on any atom is -0.509 e. The van der Waals surface area contributed by atoms with Crippen LogP contribution in [0.1, 0.15) is 144 Å². The molecule has 0 radical (unpaired) electrons. The molecule has 0 atom stereocenters. The summed E-state index contributed by atoms with van der Waals surface area (Å²) in [5.74, 6) is 2.10. The van der Waals surface area contributed by atoms with Crippen LogP contribution in [0.3, 0.4) is 0 Å². The van der Waals surface area contributed by atoms with Crippen LogP contribution in [0.25, 0.3) is 49.9 Å². The van der Waals surface area contributed by atoms with Crippen LogP contribution in [-0.4, -0.2) is 16.1 Å². The topological polar surface area (TPSA) is 33.5 Å². The number of rotatable bonds is 10. The van der Waals surface area contributed by atoms with Gasteiger partial charge in [0.2, 0.25) is 0 Å². The standard InChI is InChI=1S/C71H77N4O.Pt/c1-67(2,3)51-28-31-59(48-22-18-21-47(37-48)50-39-54(70(10,11)12)41-55(40-50)71(13,14)15)49(38-51)23-20-36-73-46-74(63-33-29-52(42-65(63)73)68(4,5)6)56-24-19-25-57(44-56)76-58-30-32-61-60-26-16-17-27-62(60)75(64(61)45-58)66-43-53(34-35-72-66)69(7,8)9;/h16-19,21-22,24-35,37-43,46H,20,23,36H2,1-15H3;/q-3;. The molecule has 2 aromatic heterocycles. The number of hydrogen-bond donors (Lipinski definition) is 0. The van der Waals surface area contributed by atoms with E-state index in [2.05, 4.69) is 270 Å². The van der Waals surface area contributed by atoms with Gasteiger partial charge in [-0.15, -0.1) is 41.4 Å². The number of para-hydroxylation sites is 1. The van der Waals surface area contributed by atoms with Crippen LogP contribution < -0.4 is 14.5 Å². The fourth-order valence-corrected chi connectivity index (χ4v) is 10.5. The van der Waals surface area contributed by atoms with Gasteiger partial charge < -0.3 is 19.1 Å². The summed E-state index contributed by atoms with van der Waals surface area (Å²) in [6, 6.07) is 61.0. The van der Waals surface area contributed by atoms with Crippen molar-refractivity contribution in [1.29, 1.82) is 0 Å². The van der Waals surface area contributed by atoms with Crippen molar-refractivity contribution in [3.05, 3.63) is 204 Å². The zero-order valence-electron chi connectivity index (χ0n) is 48.1. The molecule has 9 aromatic rings. The summed E-state index contributed by atoms with van der Waals surface area (Å²) in [5.41, 5.74) is 18.4. The molecule has 0 spiro atoms. The molecule has 3 heterocycles. The van der Waals surface area contributed by atoms with E-state index < -0.39 is 0 Å². The van der Waals surface area contributed by atoms with Crippen LogP contribution in [0.5, 0.6) is 11.5 Å². The monoisotopic (exact) mass is 1200 g/mol. The Hall–Kier alpha value is -6.42. The number of ether oxygens (including phenoxy) is 1. The number of benzene rings is 7.